The summed E-state index contributed by atoms with van der Waals surface area (Å²) in [6, 6.07) is 8.30. The Hall–Kier alpha value is -2.27. The zero-order valence-corrected chi connectivity index (χ0v) is 10.9. The maximum Gasteiger partial charge on any atom is 0.323 e. The van der Waals surface area contributed by atoms with Gasteiger partial charge in [0.15, 0.2) is 0 Å². The summed E-state index contributed by atoms with van der Waals surface area (Å²) in [7, 11) is 1.57. The van der Waals surface area contributed by atoms with Gasteiger partial charge in [-0.05, 0) is 18.2 Å². The van der Waals surface area contributed by atoms with E-state index in [2.05, 4.69) is 15.6 Å². The van der Waals surface area contributed by atoms with Crippen LogP contribution in [-0.2, 0) is 0 Å². The Kier molecular flexibility index (Phi) is 4.20. The topological polar surface area (TPSA) is 63.2 Å². The second kappa shape index (κ2) is 6.06. The third-order valence-electron chi connectivity index (χ3n) is 2.29. The predicted octanol–water partition coefficient (Wildman–Crippen LogP) is 3.39. The molecule has 1 aromatic carbocycles. The molecule has 0 bridgehead atoms. The number of amides is 2. The first-order valence-corrected chi connectivity index (χ1v) is 5.88. The van der Waals surface area contributed by atoms with Gasteiger partial charge in [-0.2, -0.15) is 0 Å². The zero-order chi connectivity index (χ0) is 13.7. The fourth-order valence-electron chi connectivity index (χ4n) is 1.47. The van der Waals surface area contributed by atoms with E-state index >= 15 is 0 Å². The Labute approximate surface area is 115 Å². The van der Waals surface area contributed by atoms with E-state index in [0.29, 0.717) is 22.1 Å². The van der Waals surface area contributed by atoms with Crippen molar-refractivity contribution in [3.05, 3.63) is 47.7 Å². The highest BCUT2D eigenvalue weighted by atomic mass is 35.5. The number of methoxy groups -OCH3 is 1. The highest BCUT2D eigenvalue weighted by Crippen LogP contribution is 2.17. The molecular formula is C13H12ClN3O2. The molecule has 0 atom stereocenters. The van der Waals surface area contributed by atoms with Gasteiger partial charge in [0.25, 0.3) is 0 Å². The van der Waals surface area contributed by atoms with E-state index < -0.39 is 0 Å². The van der Waals surface area contributed by atoms with Crippen molar-refractivity contribution < 1.29 is 9.53 Å². The van der Waals surface area contributed by atoms with E-state index in [1.54, 1.807) is 37.4 Å². The van der Waals surface area contributed by atoms with Crippen LogP contribution in [0.25, 0.3) is 0 Å². The number of aromatic nitrogens is 1. The molecule has 98 valence electrons. The summed E-state index contributed by atoms with van der Waals surface area (Å²) in [5, 5.41) is 5.77. The molecule has 19 heavy (non-hydrogen) atoms. The molecule has 0 fully saturated rings. The molecule has 0 saturated carbocycles. The van der Waals surface area contributed by atoms with E-state index in [1.807, 2.05) is 0 Å². The van der Waals surface area contributed by atoms with Gasteiger partial charge in [0.05, 0.1) is 24.0 Å². The third-order valence-corrected chi connectivity index (χ3v) is 2.50. The molecule has 0 aliphatic rings. The number of hydrogen-bond donors (Lipinski definition) is 2. The average Bonchev–Trinajstić information content (AvgIpc) is 2.38. The number of urea groups is 1. The molecule has 0 saturated heterocycles. The van der Waals surface area contributed by atoms with Crippen LogP contribution in [-0.4, -0.2) is 18.1 Å². The first-order chi connectivity index (χ1) is 9.17. The van der Waals surface area contributed by atoms with Crippen LogP contribution in [0.1, 0.15) is 0 Å². The summed E-state index contributed by atoms with van der Waals surface area (Å²) >= 11 is 5.78. The van der Waals surface area contributed by atoms with Crippen molar-refractivity contribution in [2.24, 2.45) is 0 Å². The number of halogens is 1. The molecular weight excluding hydrogens is 266 g/mol. The van der Waals surface area contributed by atoms with Crippen molar-refractivity contribution in [1.29, 1.82) is 0 Å². The second-order valence-corrected chi connectivity index (χ2v) is 4.14. The smallest absolute Gasteiger partial charge is 0.323 e. The Bertz CT molecular complexity index is 590. The van der Waals surface area contributed by atoms with Crippen molar-refractivity contribution >= 4 is 29.0 Å². The summed E-state index contributed by atoms with van der Waals surface area (Å²) in [5.74, 6) is 0.669. The SMILES string of the molecule is COc1cccc(NC(=O)Nc2cncc(Cl)c2)c1. The molecule has 5 nitrogen and oxygen atoms in total. The number of benzene rings is 1. The highest BCUT2D eigenvalue weighted by molar-refractivity contribution is 6.30. The minimum atomic E-state index is -0.377. The standard InChI is InChI=1S/C13H12ClN3O2/c1-19-12-4-2-3-10(6-12)16-13(18)17-11-5-9(14)7-15-8-11/h2-8H,1H3,(H2,16,17,18). The van der Waals surface area contributed by atoms with Crippen LogP contribution in [0.2, 0.25) is 5.02 Å². The lowest BCUT2D eigenvalue weighted by atomic mass is 10.3. The molecule has 0 aliphatic carbocycles. The highest BCUT2D eigenvalue weighted by Gasteiger charge is 2.04. The largest absolute Gasteiger partial charge is 0.497 e. The molecule has 2 N–H and O–H groups in total. The molecule has 6 heteroatoms. The molecule has 0 spiro atoms. The van der Waals surface area contributed by atoms with Gasteiger partial charge in [-0.25, -0.2) is 4.79 Å². The molecule has 0 radical (unpaired) electrons. The molecule has 2 amide bonds. The molecule has 2 rings (SSSR count). The van der Waals surface area contributed by atoms with E-state index in [0.717, 1.165) is 0 Å². The van der Waals surface area contributed by atoms with Crippen LogP contribution < -0.4 is 15.4 Å². The predicted molar refractivity (Wildman–Crippen MR) is 74.9 cm³/mol. The molecule has 0 unspecified atom stereocenters. The van der Waals surface area contributed by atoms with Crippen molar-refractivity contribution in [3.8, 4) is 5.75 Å². The lowest BCUT2D eigenvalue weighted by molar-refractivity contribution is 0.262. The number of ether oxygens (including phenoxy) is 1. The number of nitrogens with zero attached hydrogens (tertiary/aromatic N) is 1. The molecule has 1 heterocycles. The summed E-state index contributed by atoms with van der Waals surface area (Å²) < 4.78 is 5.07. The lowest BCUT2D eigenvalue weighted by Crippen LogP contribution is -2.19. The normalized spacial score (nSPS) is 9.79. The van der Waals surface area contributed by atoms with Crippen LogP contribution in [0.15, 0.2) is 42.7 Å². The van der Waals surface area contributed by atoms with Crippen molar-refractivity contribution in [3.63, 3.8) is 0 Å². The van der Waals surface area contributed by atoms with Crippen LogP contribution in [0.4, 0.5) is 16.2 Å². The number of rotatable bonds is 3. The first kappa shape index (κ1) is 13.2. The number of carbonyl (C=O) groups is 1. The molecule has 1 aromatic heterocycles. The van der Waals surface area contributed by atoms with Gasteiger partial charge < -0.3 is 15.4 Å². The van der Waals surface area contributed by atoms with Gasteiger partial charge in [0.1, 0.15) is 5.75 Å². The van der Waals surface area contributed by atoms with Gasteiger partial charge in [0.2, 0.25) is 0 Å². The summed E-state index contributed by atoms with van der Waals surface area (Å²) in [6.45, 7) is 0. The fraction of sp³-hybridized carbons (Fsp3) is 0.0769. The maximum atomic E-state index is 11.8. The third kappa shape index (κ3) is 3.86. The van der Waals surface area contributed by atoms with Crippen LogP contribution >= 0.6 is 11.6 Å². The number of hydrogen-bond acceptors (Lipinski definition) is 3. The van der Waals surface area contributed by atoms with Crippen molar-refractivity contribution in [1.82, 2.24) is 4.98 Å². The average molecular weight is 278 g/mol. The van der Waals surface area contributed by atoms with Gasteiger partial charge in [-0.1, -0.05) is 17.7 Å². The number of carbonyl (C=O) groups excluding carboxylic acids is 1. The van der Waals surface area contributed by atoms with Crippen molar-refractivity contribution in [2.45, 2.75) is 0 Å². The van der Waals surface area contributed by atoms with Gasteiger partial charge in [0, 0.05) is 18.0 Å². The number of nitrogens with one attached hydrogen (secondary N) is 2. The Balaban J connectivity index is 2.01. The fourth-order valence-corrected chi connectivity index (χ4v) is 1.65. The number of anilines is 2. The minimum absolute atomic E-state index is 0.377. The quantitative estimate of drug-likeness (QED) is 0.904. The summed E-state index contributed by atoms with van der Waals surface area (Å²) in [5.41, 5.74) is 1.15. The zero-order valence-electron chi connectivity index (χ0n) is 10.2. The van der Waals surface area contributed by atoms with E-state index in [4.69, 9.17) is 16.3 Å². The van der Waals surface area contributed by atoms with Gasteiger partial charge in [-0.15, -0.1) is 0 Å². The van der Waals surface area contributed by atoms with Crippen LogP contribution in [0.5, 0.6) is 5.75 Å². The molecule has 0 aliphatic heterocycles. The Morgan fingerprint density at radius 2 is 2.00 bits per heavy atom. The van der Waals surface area contributed by atoms with Crippen LogP contribution in [0.3, 0.4) is 0 Å². The van der Waals surface area contributed by atoms with E-state index in [9.17, 15) is 4.79 Å². The summed E-state index contributed by atoms with van der Waals surface area (Å²) in [4.78, 5) is 15.6. The van der Waals surface area contributed by atoms with E-state index in [1.165, 1.54) is 12.4 Å². The van der Waals surface area contributed by atoms with Gasteiger partial charge >= 0.3 is 6.03 Å². The van der Waals surface area contributed by atoms with E-state index in [-0.39, 0.29) is 6.03 Å². The summed E-state index contributed by atoms with van der Waals surface area (Å²) in [6.07, 6.45) is 3.00. The minimum Gasteiger partial charge on any atom is -0.497 e. The Morgan fingerprint density at radius 3 is 2.74 bits per heavy atom. The monoisotopic (exact) mass is 277 g/mol. The van der Waals surface area contributed by atoms with Gasteiger partial charge in [-0.3, -0.25) is 4.98 Å². The second-order valence-electron chi connectivity index (χ2n) is 3.70. The van der Waals surface area contributed by atoms with Crippen molar-refractivity contribution in [2.75, 3.05) is 17.7 Å². The van der Waals surface area contributed by atoms with Crippen LogP contribution in [0, 0.1) is 0 Å². The first-order valence-electron chi connectivity index (χ1n) is 5.50. The Morgan fingerprint density at radius 1 is 1.21 bits per heavy atom. The number of pyridine rings is 1. The lowest BCUT2D eigenvalue weighted by Gasteiger charge is -2.08. The molecule has 2 aromatic rings. The maximum absolute atomic E-state index is 11.8.